The highest BCUT2D eigenvalue weighted by atomic mass is 16.2. The van der Waals surface area contributed by atoms with Gasteiger partial charge in [0.25, 0.3) is 22.9 Å². The number of nitriles is 2. The van der Waals surface area contributed by atoms with E-state index in [1.165, 1.54) is 9.36 Å². The van der Waals surface area contributed by atoms with Crippen LogP contribution in [0.1, 0.15) is 11.4 Å². The molecule has 4 N–H and O–H groups in total. The summed E-state index contributed by atoms with van der Waals surface area (Å²) in [6.45, 7) is 3.37. The van der Waals surface area contributed by atoms with Crippen LogP contribution >= 0.6 is 0 Å². The lowest BCUT2D eigenvalue weighted by Crippen LogP contribution is -2.27. The van der Waals surface area contributed by atoms with Gasteiger partial charge in [0, 0.05) is 14.1 Å². The molecule has 16 heteroatoms. The number of anilines is 4. The smallest absolute Gasteiger partial charge is 0.295 e. The minimum absolute atomic E-state index is 0.0341. The third-order valence-electron chi connectivity index (χ3n) is 8.92. The Morgan fingerprint density at radius 1 is 0.554 bits per heavy atom. The second-order valence-electron chi connectivity index (χ2n) is 12.3. The molecule has 2 heterocycles. The summed E-state index contributed by atoms with van der Waals surface area (Å²) < 4.78 is 6.05. The van der Waals surface area contributed by atoms with Gasteiger partial charge >= 0.3 is 0 Å². The minimum atomic E-state index is -0.845. The largest absolute Gasteiger partial charge is 0.314 e. The van der Waals surface area contributed by atoms with Crippen LogP contribution in [0.3, 0.4) is 0 Å². The van der Waals surface area contributed by atoms with Crippen molar-refractivity contribution in [3.63, 3.8) is 0 Å². The van der Waals surface area contributed by atoms with Gasteiger partial charge in [0.2, 0.25) is 11.4 Å². The normalized spacial score (nSPS) is 11.3. The second kappa shape index (κ2) is 16.2. The van der Waals surface area contributed by atoms with Gasteiger partial charge in [0.15, 0.2) is 0 Å². The zero-order chi connectivity index (χ0) is 39.9. The molecule has 6 rings (SSSR count). The van der Waals surface area contributed by atoms with Crippen molar-refractivity contribution >= 4 is 46.0 Å². The first kappa shape index (κ1) is 37.5. The van der Waals surface area contributed by atoms with Crippen LogP contribution < -0.4 is 32.6 Å². The van der Waals surface area contributed by atoms with Gasteiger partial charge in [0.1, 0.15) is 23.5 Å². The molecular weight excluding hydrogens is 713 g/mol. The van der Waals surface area contributed by atoms with Crippen LogP contribution in [-0.2, 0) is 23.7 Å². The molecule has 0 bridgehead atoms. The number of hydrogen-bond donors (Lipinski definition) is 4. The Hall–Kier alpha value is -8.24. The maximum atomic E-state index is 13.2. The molecule has 6 aromatic rings. The van der Waals surface area contributed by atoms with Gasteiger partial charge < -0.3 is 10.6 Å². The molecule has 2 amide bonds. The summed E-state index contributed by atoms with van der Waals surface area (Å²) in [5.74, 6) is -1.69. The number of hydrogen-bond acceptors (Lipinski definition) is 10. The highest BCUT2D eigenvalue weighted by molar-refractivity contribution is 6.49. The van der Waals surface area contributed by atoms with E-state index in [2.05, 4.69) is 31.7 Å². The first-order chi connectivity index (χ1) is 27.0. The summed E-state index contributed by atoms with van der Waals surface area (Å²) in [4.78, 5) is 52.2. The lowest BCUT2D eigenvalue weighted by molar-refractivity contribution is -0.111. The molecular formula is C40H34N12O4. The lowest BCUT2D eigenvalue weighted by atomic mass is 10.1. The van der Waals surface area contributed by atoms with Crippen molar-refractivity contribution in [1.82, 2.24) is 18.7 Å². The number of benzene rings is 4. The van der Waals surface area contributed by atoms with E-state index < -0.39 is 34.4 Å². The van der Waals surface area contributed by atoms with E-state index in [-0.39, 0.29) is 11.4 Å². The standard InChI is InChI=1S/C40H34N12O4/c1-25-35(39(55)51(49(25)3)31-11-7-5-8-12-31)43-37(53)33(23-41)47-45-29-19-15-27(16-20-29)28-17-21-30(22-18-28)46-48-34(24-42)38(54)44-36-26(2)50(4)52(40(36)56)32-13-9-6-10-14-32/h5-22,45-46H,1-4H3,(H,43,53)(H,44,54). The highest BCUT2D eigenvalue weighted by Crippen LogP contribution is 2.24. The first-order valence-corrected chi connectivity index (χ1v) is 17.0. The number of aromatic nitrogens is 4. The quantitative estimate of drug-likeness (QED) is 0.107. The Balaban J connectivity index is 1.07. The van der Waals surface area contributed by atoms with E-state index in [1.54, 1.807) is 147 Å². The summed E-state index contributed by atoms with van der Waals surface area (Å²) in [5, 5.41) is 32.3. The van der Waals surface area contributed by atoms with E-state index in [0.29, 0.717) is 34.1 Å². The zero-order valence-corrected chi connectivity index (χ0v) is 30.6. The van der Waals surface area contributed by atoms with Gasteiger partial charge in [-0.05, 0) is 73.5 Å². The molecule has 0 aliphatic carbocycles. The fraction of sp³-hybridized carbons (Fsp3) is 0.100. The van der Waals surface area contributed by atoms with Crippen LogP contribution in [-0.4, -0.2) is 42.0 Å². The van der Waals surface area contributed by atoms with Crippen molar-refractivity contribution in [3.05, 3.63) is 141 Å². The second-order valence-corrected chi connectivity index (χ2v) is 12.3. The fourth-order valence-corrected chi connectivity index (χ4v) is 5.74. The first-order valence-electron chi connectivity index (χ1n) is 17.0. The molecule has 0 aliphatic heterocycles. The predicted molar refractivity (Wildman–Crippen MR) is 214 cm³/mol. The number of nitrogens with one attached hydrogen (secondary N) is 4. The Morgan fingerprint density at radius 3 is 1.21 bits per heavy atom. The van der Waals surface area contributed by atoms with Crippen molar-refractivity contribution in [1.29, 1.82) is 10.5 Å². The van der Waals surface area contributed by atoms with Crippen molar-refractivity contribution in [2.24, 2.45) is 24.3 Å². The van der Waals surface area contributed by atoms with Gasteiger partial charge in [-0.2, -0.15) is 20.7 Å². The monoisotopic (exact) mass is 746 g/mol. The predicted octanol–water partition coefficient (Wildman–Crippen LogP) is 4.81. The summed E-state index contributed by atoms with van der Waals surface area (Å²) in [7, 11) is 3.39. The Kier molecular flexibility index (Phi) is 10.8. The van der Waals surface area contributed by atoms with Crippen molar-refractivity contribution in [2.75, 3.05) is 21.5 Å². The average Bonchev–Trinajstić information content (AvgIpc) is 3.56. The fourth-order valence-electron chi connectivity index (χ4n) is 5.74. The Morgan fingerprint density at radius 2 is 0.893 bits per heavy atom. The summed E-state index contributed by atoms with van der Waals surface area (Å²) in [6, 6.07) is 35.5. The van der Waals surface area contributed by atoms with Gasteiger partial charge in [-0.3, -0.25) is 39.4 Å². The molecule has 0 saturated carbocycles. The Labute approximate surface area is 319 Å². The molecule has 0 unspecified atom stereocenters. The number of hydrazone groups is 2. The van der Waals surface area contributed by atoms with E-state index in [4.69, 9.17) is 0 Å². The molecule has 278 valence electrons. The van der Waals surface area contributed by atoms with Crippen LogP contribution in [0.4, 0.5) is 22.7 Å². The van der Waals surface area contributed by atoms with E-state index in [1.807, 2.05) is 12.1 Å². The van der Waals surface area contributed by atoms with Gasteiger partial charge in [-0.1, -0.05) is 60.7 Å². The van der Waals surface area contributed by atoms with Crippen LogP contribution in [0.2, 0.25) is 0 Å². The maximum absolute atomic E-state index is 13.2. The molecule has 4 aromatic carbocycles. The molecule has 2 aromatic heterocycles. The number of amides is 2. The molecule has 0 atom stereocenters. The van der Waals surface area contributed by atoms with Crippen molar-refractivity contribution in [3.8, 4) is 34.6 Å². The highest BCUT2D eigenvalue weighted by Gasteiger charge is 2.22. The SMILES string of the molecule is Cc1c(NC(=O)C(C#N)=NNc2ccc(-c3ccc(NN=C(C#N)C(=O)Nc4c(C)n(C)n(-c5ccccc5)c4=O)cc3)cc2)c(=O)n(-c2ccccc2)n1C. The lowest BCUT2D eigenvalue weighted by Gasteiger charge is -2.07. The summed E-state index contributed by atoms with van der Waals surface area (Å²) in [5.41, 5.74) is 8.51. The molecule has 0 radical (unpaired) electrons. The van der Waals surface area contributed by atoms with E-state index in [0.717, 1.165) is 11.1 Å². The molecule has 0 spiro atoms. The van der Waals surface area contributed by atoms with E-state index in [9.17, 15) is 29.7 Å². The number of nitrogens with zero attached hydrogens (tertiary/aromatic N) is 8. The number of para-hydroxylation sites is 2. The van der Waals surface area contributed by atoms with Crippen LogP contribution in [0.15, 0.2) is 129 Å². The number of carbonyl (C=O) groups excluding carboxylic acids is 2. The summed E-state index contributed by atoms with van der Waals surface area (Å²) in [6.07, 6.45) is 0. The van der Waals surface area contributed by atoms with Gasteiger partial charge in [0.05, 0.1) is 34.1 Å². The molecule has 0 saturated heterocycles. The van der Waals surface area contributed by atoms with E-state index >= 15 is 0 Å². The molecule has 16 nitrogen and oxygen atoms in total. The van der Waals surface area contributed by atoms with Gasteiger partial charge in [-0.15, -0.1) is 0 Å². The van der Waals surface area contributed by atoms with Crippen molar-refractivity contribution < 1.29 is 9.59 Å². The number of rotatable bonds is 11. The van der Waals surface area contributed by atoms with Gasteiger partial charge in [-0.25, -0.2) is 9.36 Å². The van der Waals surface area contributed by atoms with Crippen LogP contribution in [0.25, 0.3) is 22.5 Å². The topological polar surface area (TPSA) is 208 Å². The molecule has 0 fully saturated rings. The van der Waals surface area contributed by atoms with Crippen LogP contribution in [0, 0.1) is 36.5 Å². The maximum Gasteiger partial charge on any atom is 0.295 e. The zero-order valence-electron chi connectivity index (χ0n) is 30.6. The molecule has 0 aliphatic rings. The average molecular weight is 747 g/mol. The third kappa shape index (κ3) is 7.61. The molecule has 56 heavy (non-hydrogen) atoms. The van der Waals surface area contributed by atoms with Crippen molar-refractivity contribution in [2.45, 2.75) is 13.8 Å². The third-order valence-corrected chi connectivity index (χ3v) is 8.92. The van der Waals surface area contributed by atoms with Crippen LogP contribution in [0.5, 0.6) is 0 Å². The minimum Gasteiger partial charge on any atom is -0.314 e. The summed E-state index contributed by atoms with van der Waals surface area (Å²) >= 11 is 0. The Bertz CT molecular complexity index is 2520. The number of carbonyl (C=O) groups is 2.